The van der Waals surface area contributed by atoms with Crippen molar-refractivity contribution < 1.29 is 9.18 Å². The zero-order valence-electron chi connectivity index (χ0n) is 17.6. The number of carbonyl (C=O) groups excluding carboxylic acids is 1. The molecule has 1 amide bonds. The van der Waals surface area contributed by atoms with E-state index in [9.17, 15) is 9.18 Å². The molecule has 0 N–H and O–H groups in total. The Balaban J connectivity index is 1.25. The van der Waals surface area contributed by atoms with Crippen molar-refractivity contribution in [2.45, 2.75) is 37.9 Å². The number of amides is 1. The van der Waals surface area contributed by atoms with E-state index in [4.69, 9.17) is 5.26 Å². The van der Waals surface area contributed by atoms with Crippen LogP contribution in [0.4, 0.5) is 10.2 Å². The fourth-order valence-corrected chi connectivity index (χ4v) is 5.36. The number of fused-ring (bicyclic) bond motifs is 2. The van der Waals surface area contributed by atoms with Crippen LogP contribution < -0.4 is 4.90 Å². The van der Waals surface area contributed by atoms with Crippen LogP contribution in [0, 0.1) is 23.1 Å². The second kappa shape index (κ2) is 7.93. The van der Waals surface area contributed by atoms with Crippen LogP contribution in [0.15, 0.2) is 42.6 Å². The summed E-state index contributed by atoms with van der Waals surface area (Å²) in [6, 6.07) is 13.2. The molecule has 0 saturated carbocycles. The molecule has 1 aromatic carbocycles. The Kier molecular flexibility index (Phi) is 5.11. The van der Waals surface area contributed by atoms with Gasteiger partial charge in [-0.25, -0.2) is 9.37 Å². The standard InChI is InChI=1S/C24H26FN5O/c1-16-10-20-13-29(14-22(16)30(20)23-7-2-17(11-26)12-27-23)24(31)15-28-9-8-21(28)18-3-5-19(25)6-4-18/h2-7,12,16,20-22H,8-10,13-15H2,1H3/t16-,20?,21?,22?/m0/s1. The summed E-state index contributed by atoms with van der Waals surface area (Å²) in [6.07, 6.45) is 3.66. The quantitative estimate of drug-likeness (QED) is 0.763. The molecule has 3 saturated heterocycles. The lowest BCUT2D eigenvalue weighted by Gasteiger charge is -2.45. The zero-order valence-corrected chi connectivity index (χ0v) is 17.6. The molecule has 0 aliphatic carbocycles. The lowest BCUT2D eigenvalue weighted by Crippen LogP contribution is -2.58. The summed E-state index contributed by atoms with van der Waals surface area (Å²) in [5, 5.41) is 9.03. The summed E-state index contributed by atoms with van der Waals surface area (Å²) in [6.45, 7) is 4.95. The molecule has 1 aromatic heterocycles. The third kappa shape index (κ3) is 3.66. The van der Waals surface area contributed by atoms with Crippen LogP contribution in [0.1, 0.15) is 36.9 Å². The Labute approximate surface area is 181 Å². The number of nitrogens with zero attached hydrogens (tertiary/aromatic N) is 5. The van der Waals surface area contributed by atoms with Gasteiger partial charge in [-0.2, -0.15) is 5.26 Å². The van der Waals surface area contributed by atoms with Gasteiger partial charge in [0.05, 0.1) is 18.2 Å². The first-order chi connectivity index (χ1) is 15.0. The first kappa shape index (κ1) is 20.0. The second-order valence-electron chi connectivity index (χ2n) is 8.98. The maximum atomic E-state index is 13.2. The van der Waals surface area contributed by atoms with Gasteiger partial charge < -0.3 is 9.80 Å². The number of benzene rings is 1. The highest BCUT2D eigenvalue weighted by atomic mass is 19.1. The van der Waals surface area contributed by atoms with Crippen LogP contribution in [0.5, 0.6) is 0 Å². The van der Waals surface area contributed by atoms with Gasteiger partial charge in [0.25, 0.3) is 0 Å². The molecule has 2 aromatic rings. The van der Waals surface area contributed by atoms with Crippen molar-refractivity contribution in [2.24, 2.45) is 5.92 Å². The normalized spacial score (nSPS) is 27.6. The molecule has 5 rings (SSSR count). The predicted molar refractivity (Wildman–Crippen MR) is 115 cm³/mol. The molecule has 7 heteroatoms. The van der Waals surface area contributed by atoms with E-state index < -0.39 is 0 Å². The highest BCUT2D eigenvalue weighted by molar-refractivity contribution is 5.79. The van der Waals surface area contributed by atoms with Crippen LogP contribution in [-0.2, 0) is 4.79 Å². The molecule has 3 unspecified atom stereocenters. The summed E-state index contributed by atoms with van der Waals surface area (Å²) in [7, 11) is 0. The van der Waals surface area contributed by atoms with E-state index in [1.807, 2.05) is 29.2 Å². The van der Waals surface area contributed by atoms with Gasteiger partial charge in [0, 0.05) is 37.9 Å². The van der Waals surface area contributed by atoms with Gasteiger partial charge in [-0.3, -0.25) is 9.69 Å². The molecule has 31 heavy (non-hydrogen) atoms. The first-order valence-corrected chi connectivity index (χ1v) is 11.0. The van der Waals surface area contributed by atoms with Gasteiger partial charge >= 0.3 is 0 Å². The summed E-state index contributed by atoms with van der Waals surface area (Å²) in [5.41, 5.74) is 1.63. The number of hydrogen-bond acceptors (Lipinski definition) is 5. The van der Waals surface area contributed by atoms with Crippen molar-refractivity contribution >= 4 is 11.7 Å². The number of pyridine rings is 1. The Morgan fingerprint density at radius 1 is 1.23 bits per heavy atom. The number of rotatable bonds is 4. The van der Waals surface area contributed by atoms with Crippen LogP contribution in [0.2, 0.25) is 0 Å². The minimum Gasteiger partial charge on any atom is -0.347 e. The lowest BCUT2D eigenvalue weighted by molar-refractivity contribution is -0.135. The largest absolute Gasteiger partial charge is 0.347 e. The van der Waals surface area contributed by atoms with Gasteiger partial charge in [0.1, 0.15) is 17.7 Å². The van der Waals surface area contributed by atoms with Crippen LogP contribution >= 0.6 is 0 Å². The maximum absolute atomic E-state index is 13.2. The van der Waals surface area contributed by atoms with Gasteiger partial charge in [0.15, 0.2) is 0 Å². The lowest BCUT2D eigenvalue weighted by atomic mass is 9.94. The molecule has 0 spiro atoms. The van der Waals surface area contributed by atoms with Crippen molar-refractivity contribution in [3.8, 4) is 6.07 Å². The number of halogens is 1. The Morgan fingerprint density at radius 2 is 2.03 bits per heavy atom. The maximum Gasteiger partial charge on any atom is 0.236 e. The van der Waals surface area contributed by atoms with E-state index in [0.717, 1.165) is 30.8 Å². The Hall–Kier alpha value is -2.98. The predicted octanol–water partition coefficient (Wildman–Crippen LogP) is 2.96. The summed E-state index contributed by atoms with van der Waals surface area (Å²) < 4.78 is 13.2. The molecule has 3 aliphatic rings. The van der Waals surface area contributed by atoms with Crippen LogP contribution in [0.25, 0.3) is 0 Å². The van der Waals surface area contributed by atoms with Crippen molar-refractivity contribution in [1.82, 2.24) is 14.8 Å². The molecule has 3 fully saturated rings. The molecule has 6 nitrogen and oxygen atoms in total. The summed E-state index contributed by atoms with van der Waals surface area (Å²) in [4.78, 5) is 24.2. The van der Waals surface area contributed by atoms with E-state index in [-0.39, 0.29) is 29.8 Å². The number of hydrogen-bond donors (Lipinski definition) is 0. The minimum atomic E-state index is -0.232. The molecule has 4 heterocycles. The van der Waals surface area contributed by atoms with Crippen LogP contribution in [0.3, 0.4) is 0 Å². The van der Waals surface area contributed by atoms with Gasteiger partial charge in [-0.05, 0) is 48.6 Å². The van der Waals surface area contributed by atoms with Gasteiger partial charge in [0.2, 0.25) is 5.91 Å². The first-order valence-electron chi connectivity index (χ1n) is 11.0. The Bertz CT molecular complexity index is 1000. The van der Waals surface area contributed by atoms with E-state index in [2.05, 4.69) is 27.8 Å². The average Bonchev–Trinajstić information content (AvgIpc) is 2.96. The van der Waals surface area contributed by atoms with E-state index in [1.54, 1.807) is 6.20 Å². The number of piperazine rings is 1. The number of aromatic nitrogens is 1. The van der Waals surface area contributed by atoms with E-state index in [1.165, 1.54) is 12.1 Å². The molecule has 0 radical (unpaired) electrons. The topological polar surface area (TPSA) is 63.5 Å². The minimum absolute atomic E-state index is 0.170. The smallest absolute Gasteiger partial charge is 0.236 e. The number of nitriles is 1. The molecule has 3 aliphatic heterocycles. The van der Waals surface area contributed by atoms with Crippen LogP contribution in [-0.4, -0.2) is 59.0 Å². The SMILES string of the molecule is C[C@H]1CC2CN(C(=O)CN3CCC3c3ccc(F)cc3)CC1N2c1ccc(C#N)cn1. The van der Waals surface area contributed by atoms with E-state index >= 15 is 0 Å². The highest BCUT2D eigenvalue weighted by Crippen LogP contribution is 2.38. The second-order valence-corrected chi connectivity index (χ2v) is 8.98. The fraction of sp³-hybridized carbons (Fsp3) is 0.458. The number of likely N-dealkylation sites (tertiary alicyclic amines) is 2. The van der Waals surface area contributed by atoms with Crippen molar-refractivity contribution in [3.63, 3.8) is 0 Å². The summed E-state index contributed by atoms with van der Waals surface area (Å²) in [5.74, 6) is 1.31. The molecule has 4 atom stereocenters. The van der Waals surface area contributed by atoms with E-state index in [0.29, 0.717) is 31.1 Å². The highest BCUT2D eigenvalue weighted by Gasteiger charge is 2.46. The third-order valence-corrected chi connectivity index (χ3v) is 7.11. The Morgan fingerprint density at radius 3 is 2.65 bits per heavy atom. The molecule has 2 bridgehead atoms. The molecule has 160 valence electrons. The fourth-order valence-electron chi connectivity index (χ4n) is 5.36. The van der Waals surface area contributed by atoms with Crippen molar-refractivity contribution in [2.75, 3.05) is 31.1 Å². The number of carbonyl (C=O) groups is 1. The number of anilines is 1. The molecular formula is C24H26FN5O. The van der Waals surface area contributed by atoms with Gasteiger partial charge in [-0.1, -0.05) is 19.1 Å². The third-order valence-electron chi connectivity index (χ3n) is 7.11. The van der Waals surface area contributed by atoms with Gasteiger partial charge in [-0.15, -0.1) is 0 Å². The summed E-state index contributed by atoms with van der Waals surface area (Å²) >= 11 is 0. The molecular weight excluding hydrogens is 393 g/mol. The van der Waals surface area contributed by atoms with Crippen molar-refractivity contribution in [3.05, 3.63) is 59.5 Å². The zero-order chi connectivity index (χ0) is 21.5. The monoisotopic (exact) mass is 419 g/mol. The average molecular weight is 420 g/mol. The van der Waals surface area contributed by atoms with Crippen molar-refractivity contribution in [1.29, 1.82) is 5.26 Å².